The van der Waals surface area contributed by atoms with Crippen LogP contribution in [0.1, 0.15) is 24.4 Å². The van der Waals surface area contributed by atoms with Crippen LogP contribution < -0.4 is 11.5 Å². The van der Waals surface area contributed by atoms with Crippen molar-refractivity contribution in [3.8, 4) is 17.2 Å². The Hall–Kier alpha value is -2.98. The molecule has 1 fully saturated rings. The number of anilines is 1. The van der Waals surface area contributed by atoms with Gasteiger partial charge in [-0.1, -0.05) is 6.07 Å². The van der Waals surface area contributed by atoms with Crippen LogP contribution in [0.3, 0.4) is 0 Å². The van der Waals surface area contributed by atoms with Crippen LogP contribution in [-0.2, 0) is 0 Å². The molecule has 0 spiro atoms. The number of halogens is 1. The maximum absolute atomic E-state index is 14.1. The Kier molecular flexibility index (Phi) is 3.62. The summed E-state index contributed by atoms with van der Waals surface area (Å²) in [7, 11) is 0. The van der Waals surface area contributed by atoms with Gasteiger partial charge in [0.25, 0.3) is 0 Å². The number of benzene rings is 1. The lowest BCUT2D eigenvalue weighted by molar-refractivity contribution is 0.209. The molecule has 0 radical (unpaired) electrons. The van der Waals surface area contributed by atoms with Gasteiger partial charge in [0.05, 0.1) is 10.9 Å². The van der Waals surface area contributed by atoms with E-state index in [1.807, 2.05) is 12.3 Å². The number of nitrogens with zero attached hydrogens (tertiary/aromatic N) is 4. The quantitative estimate of drug-likeness (QED) is 0.764. The first-order chi connectivity index (χ1) is 12.1. The van der Waals surface area contributed by atoms with Crippen LogP contribution in [0, 0.1) is 23.1 Å². The zero-order valence-corrected chi connectivity index (χ0v) is 13.5. The van der Waals surface area contributed by atoms with E-state index in [1.165, 1.54) is 18.5 Å². The van der Waals surface area contributed by atoms with Gasteiger partial charge in [0.2, 0.25) is 0 Å². The highest BCUT2D eigenvalue weighted by Gasteiger charge is 2.31. The number of nitrogen functional groups attached to an aromatic ring is 1. The van der Waals surface area contributed by atoms with Crippen LogP contribution in [0.2, 0.25) is 0 Å². The van der Waals surface area contributed by atoms with Gasteiger partial charge in [-0.05, 0) is 43.0 Å². The molecule has 0 aliphatic heterocycles. The SMILES string of the molecule is N#Cc1ccc(-c2cn(C3CC(CN)C3)c3ncnc(N)c23)cc1F. The summed E-state index contributed by atoms with van der Waals surface area (Å²) in [6.45, 7) is 0.681. The smallest absolute Gasteiger partial charge is 0.146 e. The Labute approximate surface area is 143 Å². The van der Waals surface area contributed by atoms with E-state index in [4.69, 9.17) is 16.7 Å². The summed E-state index contributed by atoms with van der Waals surface area (Å²) in [6, 6.07) is 6.69. The lowest BCUT2D eigenvalue weighted by atomic mass is 9.80. The van der Waals surface area contributed by atoms with Crippen molar-refractivity contribution in [1.29, 1.82) is 5.26 Å². The molecular formula is C18H17FN6. The zero-order valence-electron chi connectivity index (χ0n) is 13.5. The van der Waals surface area contributed by atoms with E-state index in [9.17, 15) is 4.39 Å². The van der Waals surface area contributed by atoms with Crippen LogP contribution in [0.5, 0.6) is 0 Å². The molecule has 25 heavy (non-hydrogen) atoms. The Balaban J connectivity index is 1.87. The van der Waals surface area contributed by atoms with Crippen molar-refractivity contribution in [3.63, 3.8) is 0 Å². The monoisotopic (exact) mass is 336 g/mol. The van der Waals surface area contributed by atoms with E-state index in [2.05, 4.69) is 14.5 Å². The van der Waals surface area contributed by atoms with Gasteiger partial charge < -0.3 is 16.0 Å². The maximum Gasteiger partial charge on any atom is 0.146 e. The molecule has 0 saturated heterocycles. The number of hydrogen-bond acceptors (Lipinski definition) is 5. The summed E-state index contributed by atoms with van der Waals surface area (Å²) in [5.41, 5.74) is 14.0. The third-order valence-electron chi connectivity index (χ3n) is 4.98. The molecular weight excluding hydrogens is 319 g/mol. The summed E-state index contributed by atoms with van der Waals surface area (Å²) in [4.78, 5) is 8.48. The van der Waals surface area contributed by atoms with E-state index in [1.54, 1.807) is 6.07 Å². The van der Waals surface area contributed by atoms with Crippen molar-refractivity contribution in [1.82, 2.24) is 14.5 Å². The fraction of sp³-hybridized carbons (Fsp3) is 0.278. The third-order valence-corrected chi connectivity index (χ3v) is 4.98. The first kappa shape index (κ1) is 15.5. The Morgan fingerprint density at radius 2 is 2.12 bits per heavy atom. The number of aromatic nitrogens is 3. The van der Waals surface area contributed by atoms with Gasteiger partial charge in [-0.3, -0.25) is 0 Å². The van der Waals surface area contributed by atoms with Gasteiger partial charge in [0.1, 0.15) is 29.7 Å². The van der Waals surface area contributed by atoms with Crippen molar-refractivity contribution in [2.24, 2.45) is 11.7 Å². The zero-order chi connectivity index (χ0) is 17.6. The first-order valence-corrected chi connectivity index (χ1v) is 8.13. The number of nitriles is 1. The molecule has 3 aromatic rings. The highest BCUT2D eigenvalue weighted by molar-refractivity contribution is 6.00. The normalized spacial score (nSPS) is 19.6. The summed E-state index contributed by atoms with van der Waals surface area (Å²) < 4.78 is 16.2. The van der Waals surface area contributed by atoms with Crippen molar-refractivity contribution < 1.29 is 4.39 Å². The Morgan fingerprint density at radius 1 is 1.32 bits per heavy atom. The third kappa shape index (κ3) is 2.42. The minimum absolute atomic E-state index is 0.0153. The predicted molar refractivity (Wildman–Crippen MR) is 92.9 cm³/mol. The second-order valence-corrected chi connectivity index (χ2v) is 6.44. The maximum atomic E-state index is 14.1. The standard InChI is InChI=1S/C18H17FN6/c19-15-5-11(1-2-12(15)7-21)14-8-25(13-3-10(4-13)6-20)18-16(14)17(22)23-9-24-18/h1-2,5,8-10,13H,3-4,6,20H2,(H2,22,23,24). The molecule has 2 aromatic heterocycles. The number of rotatable bonds is 3. The summed E-state index contributed by atoms with van der Waals surface area (Å²) in [5, 5.41) is 9.63. The molecule has 0 atom stereocenters. The second kappa shape index (κ2) is 5.83. The molecule has 7 heteroatoms. The molecule has 126 valence electrons. The second-order valence-electron chi connectivity index (χ2n) is 6.44. The van der Waals surface area contributed by atoms with E-state index in [0.29, 0.717) is 35.3 Å². The largest absolute Gasteiger partial charge is 0.383 e. The minimum atomic E-state index is -0.553. The summed E-state index contributed by atoms with van der Waals surface area (Å²) >= 11 is 0. The predicted octanol–water partition coefficient (Wildman–Crippen LogP) is 2.60. The molecule has 4 N–H and O–H groups in total. The molecule has 2 heterocycles. The number of fused-ring (bicyclic) bond motifs is 1. The van der Waals surface area contributed by atoms with Gasteiger partial charge in [-0.25, -0.2) is 14.4 Å². The average Bonchev–Trinajstić information content (AvgIpc) is 2.95. The number of hydrogen-bond donors (Lipinski definition) is 2. The Bertz CT molecular complexity index is 997. The highest BCUT2D eigenvalue weighted by atomic mass is 19.1. The highest BCUT2D eigenvalue weighted by Crippen LogP contribution is 2.42. The van der Waals surface area contributed by atoms with Gasteiger partial charge in [-0.15, -0.1) is 0 Å². The minimum Gasteiger partial charge on any atom is -0.383 e. The van der Waals surface area contributed by atoms with E-state index in [0.717, 1.165) is 24.1 Å². The fourth-order valence-electron chi connectivity index (χ4n) is 3.50. The fourth-order valence-corrected chi connectivity index (χ4v) is 3.50. The van der Waals surface area contributed by atoms with Crippen molar-refractivity contribution >= 4 is 16.9 Å². The molecule has 1 saturated carbocycles. The Morgan fingerprint density at radius 3 is 2.80 bits per heavy atom. The van der Waals surface area contributed by atoms with Crippen molar-refractivity contribution in [2.75, 3.05) is 12.3 Å². The van der Waals surface area contributed by atoms with E-state index >= 15 is 0 Å². The van der Waals surface area contributed by atoms with Crippen molar-refractivity contribution in [3.05, 3.63) is 42.1 Å². The molecule has 1 aliphatic carbocycles. The molecule has 4 rings (SSSR count). The lowest BCUT2D eigenvalue weighted by Gasteiger charge is -2.35. The van der Waals surface area contributed by atoms with Gasteiger partial charge >= 0.3 is 0 Å². The molecule has 0 unspecified atom stereocenters. The topological polar surface area (TPSA) is 107 Å². The van der Waals surface area contributed by atoms with Gasteiger partial charge in [0, 0.05) is 17.8 Å². The van der Waals surface area contributed by atoms with E-state index < -0.39 is 5.82 Å². The average molecular weight is 336 g/mol. The van der Waals surface area contributed by atoms with Gasteiger partial charge in [-0.2, -0.15) is 5.26 Å². The van der Waals surface area contributed by atoms with Crippen LogP contribution in [0.4, 0.5) is 10.2 Å². The van der Waals surface area contributed by atoms with Crippen LogP contribution in [0.15, 0.2) is 30.7 Å². The lowest BCUT2D eigenvalue weighted by Crippen LogP contribution is -2.31. The molecule has 0 amide bonds. The molecule has 0 bridgehead atoms. The summed E-state index contributed by atoms with van der Waals surface area (Å²) in [6.07, 6.45) is 5.38. The van der Waals surface area contributed by atoms with Gasteiger partial charge in [0.15, 0.2) is 0 Å². The van der Waals surface area contributed by atoms with Crippen LogP contribution in [-0.4, -0.2) is 21.1 Å². The van der Waals surface area contributed by atoms with E-state index in [-0.39, 0.29) is 5.56 Å². The first-order valence-electron chi connectivity index (χ1n) is 8.13. The van der Waals surface area contributed by atoms with Crippen LogP contribution in [0.25, 0.3) is 22.2 Å². The number of nitrogens with two attached hydrogens (primary N) is 2. The van der Waals surface area contributed by atoms with Crippen molar-refractivity contribution in [2.45, 2.75) is 18.9 Å². The van der Waals surface area contributed by atoms with Crippen LogP contribution >= 0.6 is 0 Å². The molecule has 6 nitrogen and oxygen atoms in total. The summed E-state index contributed by atoms with van der Waals surface area (Å²) in [5.74, 6) is 0.332. The molecule has 1 aromatic carbocycles. The molecule has 1 aliphatic rings.